The van der Waals surface area contributed by atoms with Gasteiger partial charge in [-0.1, -0.05) is 19.8 Å². The molecule has 0 atom stereocenters. The SMILES string of the molecule is CCCCCONC(C)=O. The lowest BCUT2D eigenvalue weighted by Crippen LogP contribution is -2.20. The fraction of sp³-hybridized carbons (Fsp3) is 0.857. The Morgan fingerprint density at radius 1 is 1.50 bits per heavy atom. The van der Waals surface area contributed by atoms with E-state index < -0.39 is 0 Å². The molecule has 0 aliphatic heterocycles. The van der Waals surface area contributed by atoms with Gasteiger partial charge >= 0.3 is 0 Å². The summed E-state index contributed by atoms with van der Waals surface area (Å²) in [5, 5.41) is 0. The molecule has 60 valence electrons. The molecule has 0 unspecified atom stereocenters. The van der Waals surface area contributed by atoms with E-state index >= 15 is 0 Å². The van der Waals surface area contributed by atoms with E-state index in [0.29, 0.717) is 6.61 Å². The molecule has 0 aromatic heterocycles. The van der Waals surface area contributed by atoms with Crippen LogP contribution in [0.2, 0.25) is 0 Å². The highest BCUT2D eigenvalue weighted by atomic mass is 16.6. The number of amides is 1. The Kier molecular flexibility index (Phi) is 6.18. The van der Waals surface area contributed by atoms with E-state index in [-0.39, 0.29) is 5.91 Å². The van der Waals surface area contributed by atoms with Crippen LogP contribution in [0.3, 0.4) is 0 Å². The smallest absolute Gasteiger partial charge is 0.240 e. The maximum absolute atomic E-state index is 10.2. The van der Waals surface area contributed by atoms with E-state index in [2.05, 4.69) is 12.4 Å². The number of carbonyl (C=O) groups excluding carboxylic acids is 1. The molecule has 0 aliphatic carbocycles. The van der Waals surface area contributed by atoms with Crippen molar-refractivity contribution in [3.8, 4) is 0 Å². The van der Waals surface area contributed by atoms with Crippen molar-refractivity contribution < 1.29 is 9.63 Å². The van der Waals surface area contributed by atoms with Gasteiger partial charge in [0.1, 0.15) is 0 Å². The molecule has 0 aromatic rings. The molecule has 0 aromatic carbocycles. The molecule has 1 N–H and O–H groups in total. The molecule has 0 spiro atoms. The standard InChI is InChI=1S/C7H15NO2/c1-3-4-5-6-10-8-7(2)9/h3-6H2,1-2H3,(H,8,9). The maximum atomic E-state index is 10.2. The number of hydroxylamine groups is 1. The Morgan fingerprint density at radius 3 is 2.70 bits per heavy atom. The number of rotatable bonds is 5. The minimum absolute atomic E-state index is 0.142. The fourth-order valence-corrected chi connectivity index (χ4v) is 0.577. The zero-order chi connectivity index (χ0) is 7.82. The van der Waals surface area contributed by atoms with Crippen molar-refractivity contribution >= 4 is 5.91 Å². The Morgan fingerprint density at radius 2 is 2.20 bits per heavy atom. The predicted molar refractivity (Wildman–Crippen MR) is 39.3 cm³/mol. The van der Waals surface area contributed by atoms with Gasteiger partial charge in [-0.3, -0.25) is 9.63 Å². The molecule has 0 rings (SSSR count). The quantitative estimate of drug-likeness (QED) is 0.467. The van der Waals surface area contributed by atoms with Crippen molar-refractivity contribution in [1.82, 2.24) is 5.48 Å². The maximum Gasteiger partial charge on any atom is 0.240 e. The molecule has 3 heteroatoms. The number of nitrogens with one attached hydrogen (secondary N) is 1. The Bertz CT molecular complexity index is 93.6. The van der Waals surface area contributed by atoms with Crippen molar-refractivity contribution in [1.29, 1.82) is 0 Å². The molecule has 3 nitrogen and oxygen atoms in total. The third-order valence-electron chi connectivity index (χ3n) is 1.07. The Hall–Kier alpha value is -0.570. The van der Waals surface area contributed by atoms with Gasteiger partial charge in [0.25, 0.3) is 0 Å². The van der Waals surface area contributed by atoms with Crippen molar-refractivity contribution in [3.05, 3.63) is 0 Å². The highest BCUT2D eigenvalue weighted by molar-refractivity contribution is 5.71. The molecule has 10 heavy (non-hydrogen) atoms. The minimum atomic E-state index is -0.142. The van der Waals surface area contributed by atoms with Crippen LogP contribution in [0.15, 0.2) is 0 Å². The van der Waals surface area contributed by atoms with Gasteiger partial charge in [-0.2, -0.15) is 0 Å². The lowest BCUT2D eigenvalue weighted by Gasteiger charge is -2.00. The lowest BCUT2D eigenvalue weighted by atomic mass is 10.3. The first kappa shape index (κ1) is 9.43. The molecule has 0 aliphatic rings. The third kappa shape index (κ3) is 7.43. The molecule has 0 saturated carbocycles. The topological polar surface area (TPSA) is 38.3 Å². The van der Waals surface area contributed by atoms with E-state index in [1.54, 1.807) is 0 Å². The first-order valence-corrected chi connectivity index (χ1v) is 3.65. The number of carbonyl (C=O) groups is 1. The molecule has 0 saturated heterocycles. The average molecular weight is 145 g/mol. The second-order valence-corrected chi connectivity index (χ2v) is 2.21. The summed E-state index contributed by atoms with van der Waals surface area (Å²) in [4.78, 5) is 15.0. The lowest BCUT2D eigenvalue weighted by molar-refractivity contribution is -0.131. The summed E-state index contributed by atoms with van der Waals surface area (Å²) in [6, 6.07) is 0. The molecular weight excluding hydrogens is 130 g/mol. The van der Waals surface area contributed by atoms with Gasteiger partial charge in [-0.15, -0.1) is 0 Å². The van der Waals surface area contributed by atoms with Crippen molar-refractivity contribution in [2.75, 3.05) is 6.61 Å². The first-order valence-electron chi connectivity index (χ1n) is 3.65. The second kappa shape index (κ2) is 6.55. The van der Waals surface area contributed by atoms with Gasteiger partial charge in [0, 0.05) is 6.92 Å². The number of unbranched alkanes of at least 4 members (excludes halogenated alkanes) is 2. The van der Waals surface area contributed by atoms with Gasteiger partial charge in [-0.25, -0.2) is 5.48 Å². The molecular formula is C7H15NO2. The molecule has 0 fully saturated rings. The summed E-state index contributed by atoms with van der Waals surface area (Å²) in [5.74, 6) is -0.142. The van der Waals surface area contributed by atoms with Crippen LogP contribution in [0.25, 0.3) is 0 Å². The Labute approximate surface area is 61.7 Å². The van der Waals surface area contributed by atoms with Crippen LogP contribution in [-0.4, -0.2) is 12.5 Å². The van der Waals surface area contributed by atoms with Crippen LogP contribution in [0.5, 0.6) is 0 Å². The van der Waals surface area contributed by atoms with Crippen molar-refractivity contribution in [2.45, 2.75) is 33.1 Å². The molecule has 1 amide bonds. The average Bonchev–Trinajstić information content (AvgIpc) is 1.87. The van der Waals surface area contributed by atoms with Crippen LogP contribution < -0.4 is 5.48 Å². The van der Waals surface area contributed by atoms with Crippen LogP contribution >= 0.6 is 0 Å². The second-order valence-electron chi connectivity index (χ2n) is 2.21. The van der Waals surface area contributed by atoms with E-state index in [1.807, 2.05) is 0 Å². The third-order valence-corrected chi connectivity index (χ3v) is 1.07. The zero-order valence-corrected chi connectivity index (χ0v) is 6.64. The van der Waals surface area contributed by atoms with Gasteiger partial charge in [0.15, 0.2) is 0 Å². The summed E-state index contributed by atoms with van der Waals surface area (Å²) in [6.45, 7) is 4.17. The van der Waals surface area contributed by atoms with E-state index in [1.165, 1.54) is 13.3 Å². The number of hydrogen-bond acceptors (Lipinski definition) is 2. The highest BCUT2D eigenvalue weighted by Gasteiger charge is 1.89. The van der Waals surface area contributed by atoms with Crippen LogP contribution in [0.1, 0.15) is 33.1 Å². The first-order chi connectivity index (χ1) is 4.77. The summed E-state index contributed by atoms with van der Waals surface area (Å²) in [6.07, 6.45) is 3.33. The monoisotopic (exact) mass is 145 g/mol. The fourth-order valence-electron chi connectivity index (χ4n) is 0.577. The normalized spacial score (nSPS) is 9.40. The summed E-state index contributed by atoms with van der Waals surface area (Å²) >= 11 is 0. The summed E-state index contributed by atoms with van der Waals surface area (Å²) < 4.78 is 0. The van der Waals surface area contributed by atoms with Gasteiger partial charge in [0.2, 0.25) is 5.91 Å². The largest absolute Gasteiger partial charge is 0.274 e. The molecule has 0 heterocycles. The van der Waals surface area contributed by atoms with Crippen molar-refractivity contribution in [2.24, 2.45) is 0 Å². The Balaban J connectivity index is 2.84. The minimum Gasteiger partial charge on any atom is -0.274 e. The molecule has 0 bridgehead atoms. The van der Waals surface area contributed by atoms with Crippen LogP contribution in [0.4, 0.5) is 0 Å². The summed E-state index contributed by atoms with van der Waals surface area (Å²) in [7, 11) is 0. The molecule has 0 radical (unpaired) electrons. The number of hydrogen-bond donors (Lipinski definition) is 1. The van der Waals surface area contributed by atoms with Gasteiger partial charge in [-0.05, 0) is 6.42 Å². The van der Waals surface area contributed by atoms with Gasteiger partial charge in [0.05, 0.1) is 6.61 Å². The zero-order valence-electron chi connectivity index (χ0n) is 6.64. The van der Waals surface area contributed by atoms with Gasteiger partial charge < -0.3 is 0 Å². The van der Waals surface area contributed by atoms with E-state index in [9.17, 15) is 4.79 Å². The van der Waals surface area contributed by atoms with E-state index in [0.717, 1.165) is 12.8 Å². The highest BCUT2D eigenvalue weighted by Crippen LogP contribution is 1.92. The van der Waals surface area contributed by atoms with Crippen LogP contribution in [-0.2, 0) is 9.63 Å². The van der Waals surface area contributed by atoms with Crippen LogP contribution in [0, 0.1) is 0 Å². The predicted octanol–water partition coefficient (Wildman–Crippen LogP) is 1.24. The van der Waals surface area contributed by atoms with Crippen molar-refractivity contribution in [3.63, 3.8) is 0 Å². The summed E-state index contributed by atoms with van der Waals surface area (Å²) in [5.41, 5.74) is 2.27. The van der Waals surface area contributed by atoms with E-state index in [4.69, 9.17) is 4.84 Å².